The Labute approximate surface area is 111 Å². The molecule has 17 heavy (non-hydrogen) atoms. The van der Waals surface area contributed by atoms with Gasteiger partial charge >= 0.3 is 6.18 Å². The number of hydrogen-bond donors (Lipinski definition) is 0. The Morgan fingerprint density at radius 1 is 1.29 bits per heavy atom. The molecule has 1 fully saturated rings. The zero-order valence-electron chi connectivity index (χ0n) is 9.09. The van der Waals surface area contributed by atoms with Crippen LogP contribution in [0.3, 0.4) is 0 Å². The second-order valence-electron chi connectivity index (χ2n) is 4.10. The Morgan fingerprint density at radius 3 is 2.47 bits per heavy atom. The summed E-state index contributed by atoms with van der Waals surface area (Å²) in [6, 6.07) is 3.81. The van der Waals surface area contributed by atoms with Crippen LogP contribution in [0.1, 0.15) is 11.1 Å². The largest absolute Gasteiger partial charge is 0.488 e. The molecule has 0 unspecified atom stereocenters. The van der Waals surface area contributed by atoms with Crippen LogP contribution >= 0.6 is 22.9 Å². The minimum atomic E-state index is -4.32. The zero-order chi connectivity index (χ0) is 12.6. The number of ether oxygens (including phenoxy) is 1. The molecule has 1 aromatic rings. The lowest BCUT2D eigenvalue weighted by molar-refractivity contribution is -0.137. The zero-order valence-corrected chi connectivity index (χ0v) is 11.2. The van der Waals surface area contributed by atoms with E-state index in [1.807, 2.05) is 3.11 Å². The van der Waals surface area contributed by atoms with E-state index in [4.69, 9.17) is 4.74 Å². The molecule has 0 saturated carbocycles. The molecular formula is C11H11F3INO. The number of alkyl halides is 3. The molecule has 1 aliphatic heterocycles. The quantitative estimate of drug-likeness (QED) is 0.594. The van der Waals surface area contributed by atoms with Crippen molar-refractivity contribution in [3.63, 3.8) is 0 Å². The van der Waals surface area contributed by atoms with Crippen molar-refractivity contribution in [3.8, 4) is 5.75 Å². The van der Waals surface area contributed by atoms with Gasteiger partial charge in [-0.15, -0.1) is 0 Å². The van der Waals surface area contributed by atoms with Gasteiger partial charge in [-0.2, -0.15) is 13.2 Å². The number of rotatable bonds is 2. The Kier molecular flexibility index (Phi) is 3.53. The third-order valence-corrected chi connectivity index (χ3v) is 3.27. The third kappa shape index (κ3) is 3.25. The number of nitrogens with zero attached hydrogens (tertiary/aromatic N) is 1. The number of hydrogen-bond acceptors (Lipinski definition) is 2. The molecule has 0 N–H and O–H groups in total. The SMILES string of the molecule is Cc1cc(OC2CN(I)C2)cc(C(F)(F)F)c1. The smallest absolute Gasteiger partial charge is 0.416 e. The summed E-state index contributed by atoms with van der Waals surface area (Å²) in [5, 5.41) is 0. The highest BCUT2D eigenvalue weighted by Gasteiger charge is 2.32. The van der Waals surface area contributed by atoms with E-state index >= 15 is 0 Å². The average molecular weight is 357 g/mol. The van der Waals surface area contributed by atoms with Gasteiger partial charge in [-0.1, -0.05) is 0 Å². The van der Waals surface area contributed by atoms with Crippen molar-refractivity contribution in [1.82, 2.24) is 3.11 Å². The van der Waals surface area contributed by atoms with Gasteiger partial charge in [0, 0.05) is 36.0 Å². The summed E-state index contributed by atoms with van der Waals surface area (Å²) in [5.74, 6) is 0.298. The summed E-state index contributed by atoms with van der Waals surface area (Å²) in [5.41, 5.74) is -0.0985. The molecule has 1 saturated heterocycles. The fourth-order valence-corrected chi connectivity index (χ4v) is 2.51. The monoisotopic (exact) mass is 357 g/mol. The first-order valence-electron chi connectivity index (χ1n) is 5.11. The molecule has 0 spiro atoms. The van der Waals surface area contributed by atoms with Crippen LogP contribution in [0.15, 0.2) is 18.2 Å². The van der Waals surface area contributed by atoms with Crippen LogP contribution in [0.5, 0.6) is 5.75 Å². The van der Waals surface area contributed by atoms with Crippen LogP contribution in [0, 0.1) is 6.92 Å². The standard InChI is InChI=1S/C11H11F3INO/c1-7-2-8(11(12,13)14)4-9(3-7)17-10-5-16(15)6-10/h2-4,10H,5-6H2,1H3. The fraction of sp³-hybridized carbons (Fsp3) is 0.455. The van der Waals surface area contributed by atoms with E-state index in [-0.39, 0.29) is 6.10 Å². The maximum atomic E-state index is 12.6. The van der Waals surface area contributed by atoms with E-state index in [2.05, 4.69) is 22.9 Å². The van der Waals surface area contributed by atoms with E-state index in [0.717, 1.165) is 25.2 Å². The Morgan fingerprint density at radius 2 is 1.94 bits per heavy atom. The van der Waals surface area contributed by atoms with Crippen LogP contribution < -0.4 is 4.74 Å². The first kappa shape index (κ1) is 12.9. The molecule has 1 heterocycles. The second kappa shape index (κ2) is 4.64. The van der Waals surface area contributed by atoms with Gasteiger partial charge in [0.1, 0.15) is 11.9 Å². The van der Waals surface area contributed by atoms with Gasteiger partial charge in [-0.25, -0.2) is 3.11 Å². The summed E-state index contributed by atoms with van der Waals surface area (Å²) in [6.45, 7) is 3.12. The summed E-state index contributed by atoms with van der Waals surface area (Å²) in [6.07, 6.45) is -4.33. The van der Waals surface area contributed by atoms with E-state index in [1.54, 1.807) is 13.0 Å². The molecule has 0 aromatic heterocycles. The lowest BCUT2D eigenvalue weighted by Crippen LogP contribution is -2.48. The fourth-order valence-electron chi connectivity index (χ4n) is 1.64. The molecule has 2 nitrogen and oxygen atoms in total. The molecule has 6 heteroatoms. The van der Waals surface area contributed by atoms with Gasteiger partial charge in [0.15, 0.2) is 0 Å². The predicted octanol–water partition coefficient (Wildman–Crippen LogP) is 3.43. The molecule has 0 radical (unpaired) electrons. The molecule has 1 aromatic carbocycles. The van der Waals surface area contributed by atoms with Gasteiger partial charge in [0.25, 0.3) is 0 Å². The average Bonchev–Trinajstić information content (AvgIpc) is 2.13. The third-order valence-electron chi connectivity index (χ3n) is 2.48. The lowest BCUT2D eigenvalue weighted by Gasteiger charge is -2.34. The van der Waals surface area contributed by atoms with Crippen LogP contribution in [-0.2, 0) is 6.18 Å². The second-order valence-corrected chi connectivity index (χ2v) is 5.46. The van der Waals surface area contributed by atoms with Crippen molar-refractivity contribution in [3.05, 3.63) is 29.3 Å². The van der Waals surface area contributed by atoms with Gasteiger partial charge in [0.05, 0.1) is 5.56 Å². The molecule has 0 aliphatic carbocycles. The van der Waals surface area contributed by atoms with Gasteiger partial charge < -0.3 is 4.74 Å². The van der Waals surface area contributed by atoms with E-state index in [1.165, 1.54) is 0 Å². The van der Waals surface area contributed by atoms with Crippen molar-refractivity contribution >= 4 is 22.9 Å². The lowest BCUT2D eigenvalue weighted by atomic mass is 10.1. The first-order valence-corrected chi connectivity index (χ1v) is 6.07. The predicted molar refractivity (Wildman–Crippen MR) is 66.2 cm³/mol. The van der Waals surface area contributed by atoms with Gasteiger partial charge in [-0.3, -0.25) is 0 Å². The Bertz CT molecular complexity index is 416. The summed E-state index contributed by atoms with van der Waals surface area (Å²) in [4.78, 5) is 0. The maximum Gasteiger partial charge on any atom is 0.416 e. The van der Waals surface area contributed by atoms with E-state index in [0.29, 0.717) is 11.3 Å². The van der Waals surface area contributed by atoms with Crippen LogP contribution in [0.2, 0.25) is 0 Å². The summed E-state index contributed by atoms with van der Waals surface area (Å²) >= 11 is 2.15. The van der Waals surface area contributed by atoms with Gasteiger partial charge in [-0.05, 0) is 30.7 Å². The van der Waals surface area contributed by atoms with Crippen LogP contribution in [-0.4, -0.2) is 22.3 Å². The van der Waals surface area contributed by atoms with E-state index in [9.17, 15) is 13.2 Å². The van der Waals surface area contributed by atoms with Crippen molar-refractivity contribution < 1.29 is 17.9 Å². The summed E-state index contributed by atoms with van der Waals surface area (Å²) in [7, 11) is 0. The van der Waals surface area contributed by atoms with Crippen molar-refractivity contribution in [2.45, 2.75) is 19.2 Å². The van der Waals surface area contributed by atoms with Crippen LogP contribution in [0.25, 0.3) is 0 Å². The molecule has 2 rings (SSSR count). The highest BCUT2D eigenvalue weighted by molar-refractivity contribution is 14.1. The highest BCUT2D eigenvalue weighted by Crippen LogP contribution is 2.33. The minimum Gasteiger partial charge on any atom is -0.488 e. The number of aryl methyl sites for hydroxylation is 1. The molecule has 0 amide bonds. The molecule has 0 bridgehead atoms. The van der Waals surface area contributed by atoms with Crippen molar-refractivity contribution in [2.75, 3.05) is 13.1 Å². The summed E-state index contributed by atoms with van der Waals surface area (Å²) < 4.78 is 45.2. The molecule has 94 valence electrons. The Hall–Kier alpha value is -0.500. The molecule has 1 aliphatic rings. The first-order chi connectivity index (χ1) is 7.84. The maximum absolute atomic E-state index is 12.6. The number of halogens is 4. The van der Waals surface area contributed by atoms with E-state index < -0.39 is 11.7 Å². The van der Waals surface area contributed by atoms with Crippen molar-refractivity contribution in [1.29, 1.82) is 0 Å². The minimum absolute atomic E-state index is 0.00483. The normalized spacial score (nSPS) is 17.9. The Balaban J connectivity index is 2.14. The molecule has 0 atom stereocenters. The number of benzene rings is 1. The molecular weight excluding hydrogens is 346 g/mol. The van der Waals surface area contributed by atoms with Crippen molar-refractivity contribution in [2.24, 2.45) is 0 Å². The van der Waals surface area contributed by atoms with Crippen LogP contribution in [0.4, 0.5) is 13.2 Å². The topological polar surface area (TPSA) is 12.5 Å². The highest BCUT2D eigenvalue weighted by atomic mass is 127. The van der Waals surface area contributed by atoms with Gasteiger partial charge in [0.2, 0.25) is 0 Å².